The van der Waals surface area contributed by atoms with Crippen molar-refractivity contribution in [3.05, 3.63) is 52.6 Å². The molecule has 0 aliphatic carbocycles. The monoisotopic (exact) mass is 350 g/mol. The lowest BCUT2D eigenvalue weighted by Gasteiger charge is -2.08. The van der Waals surface area contributed by atoms with Crippen LogP contribution in [0, 0.1) is 0 Å². The minimum atomic E-state index is -0.142. The van der Waals surface area contributed by atoms with E-state index in [0.29, 0.717) is 5.69 Å². The summed E-state index contributed by atoms with van der Waals surface area (Å²) in [5.74, 6) is -0.142. The van der Waals surface area contributed by atoms with Gasteiger partial charge in [0, 0.05) is 15.4 Å². The lowest BCUT2D eigenvalue weighted by atomic mass is 10.3. The van der Waals surface area contributed by atoms with Gasteiger partial charge in [-0.05, 0) is 44.2 Å². The van der Waals surface area contributed by atoms with Crippen molar-refractivity contribution in [2.45, 2.75) is 29.8 Å². The van der Waals surface area contributed by atoms with Gasteiger partial charge in [0.05, 0.1) is 0 Å². The van der Waals surface area contributed by atoms with E-state index in [1.807, 2.05) is 50.2 Å². The summed E-state index contributed by atoms with van der Waals surface area (Å²) < 4.78 is 1.02. The van der Waals surface area contributed by atoms with Crippen LogP contribution in [0.4, 0.5) is 0 Å². The number of hydrogen-bond donors (Lipinski definition) is 1. The van der Waals surface area contributed by atoms with Crippen molar-refractivity contribution in [3.63, 3.8) is 0 Å². The number of amides is 1. The predicted octanol–water partition coefficient (Wildman–Crippen LogP) is 4.13. The third-order valence-electron chi connectivity index (χ3n) is 2.39. The molecule has 0 atom stereocenters. The Labute approximate surface area is 131 Å². The van der Waals surface area contributed by atoms with E-state index in [4.69, 9.17) is 0 Å². The first-order chi connectivity index (χ1) is 9.54. The van der Waals surface area contributed by atoms with E-state index in [9.17, 15) is 4.79 Å². The standard InChI is InChI=1S/C15H15BrN2OS/c1-10(2)17-15(19)13-7-4-8-14(18-13)20-12-6-3-5-11(16)9-12/h3-10H,1-2H3,(H,17,19). The molecule has 0 saturated heterocycles. The zero-order chi connectivity index (χ0) is 14.5. The SMILES string of the molecule is CC(C)NC(=O)c1cccc(Sc2cccc(Br)c2)n1. The van der Waals surface area contributed by atoms with Gasteiger partial charge in [0.2, 0.25) is 0 Å². The molecule has 20 heavy (non-hydrogen) atoms. The van der Waals surface area contributed by atoms with Gasteiger partial charge in [0.15, 0.2) is 0 Å². The van der Waals surface area contributed by atoms with Gasteiger partial charge >= 0.3 is 0 Å². The quantitative estimate of drug-likeness (QED) is 0.901. The molecule has 2 rings (SSSR count). The van der Waals surface area contributed by atoms with Gasteiger partial charge in [-0.2, -0.15) is 0 Å². The molecule has 0 aliphatic heterocycles. The molecule has 3 nitrogen and oxygen atoms in total. The fraction of sp³-hybridized carbons (Fsp3) is 0.200. The highest BCUT2D eigenvalue weighted by atomic mass is 79.9. The molecule has 1 aromatic carbocycles. The summed E-state index contributed by atoms with van der Waals surface area (Å²) in [5.41, 5.74) is 0.443. The number of benzene rings is 1. The minimum absolute atomic E-state index is 0.102. The number of halogens is 1. The summed E-state index contributed by atoms with van der Waals surface area (Å²) in [4.78, 5) is 17.4. The molecule has 0 unspecified atom stereocenters. The Balaban J connectivity index is 2.15. The number of hydrogen-bond acceptors (Lipinski definition) is 3. The van der Waals surface area contributed by atoms with Crippen molar-refractivity contribution >= 4 is 33.6 Å². The number of nitrogens with one attached hydrogen (secondary N) is 1. The molecule has 0 radical (unpaired) electrons. The second-order valence-corrected chi connectivity index (χ2v) is 6.56. The molecule has 0 saturated carbocycles. The van der Waals surface area contributed by atoms with Crippen molar-refractivity contribution in [1.82, 2.24) is 10.3 Å². The zero-order valence-electron chi connectivity index (χ0n) is 11.3. The van der Waals surface area contributed by atoms with Crippen LogP contribution in [0.15, 0.2) is 56.9 Å². The number of nitrogens with zero attached hydrogens (tertiary/aromatic N) is 1. The second kappa shape index (κ2) is 6.90. The van der Waals surface area contributed by atoms with Crippen LogP contribution < -0.4 is 5.32 Å². The molecule has 0 spiro atoms. The molecule has 1 aromatic heterocycles. The number of rotatable bonds is 4. The van der Waals surface area contributed by atoms with Crippen molar-refractivity contribution in [2.75, 3.05) is 0 Å². The van der Waals surface area contributed by atoms with E-state index in [-0.39, 0.29) is 11.9 Å². The summed E-state index contributed by atoms with van der Waals surface area (Å²) in [6, 6.07) is 13.6. The van der Waals surface area contributed by atoms with Gasteiger partial charge in [0.1, 0.15) is 10.7 Å². The smallest absolute Gasteiger partial charge is 0.270 e. The van der Waals surface area contributed by atoms with Crippen molar-refractivity contribution in [3.8, 4) is 0 Å². The Morgan fingerprint density at radius 2 is 2.00 bits per heavy atom. The van der Waals surface area contributed by atoms with Gasteiger partial charge in [0.25, 0.3) is 5.91 Å². The maximum Gasteiger partial charge on any atom is 0.270 e. The van der Waals surface area contributed by atoms with Crippen LogP contribution in [0.2, 0.25) is 0 Å². The molecule has 104 valence electrons. The maximum absolute atomic E-state index is 11.9. The Morgan fingerprint density at radius 1 is 1.25 bits per heavy atom. The molecule has 1 heterocycles. The molecule has 0 aliphatic rings. The van der Waals surface area contributed by atoms with E-state index < -0.39 is 0 Å². The summed E-state index contributed by atoms with van der Waals surface area (Å²) >= 11 is 4.97. The van der Waals surface area contributed by atoms with E-state index >= 15 is 0 Å². The average Bonchev–Trinajstić information content (AvgIpc) is 2.38. The van der Waals surface area contributed by atoms with E-state index in [2.05, 4.69) is 26.2 Å². The minimum Gasteiger partial charge on any atom is -0.349 e. The third-order valence-corrected chi connectivity index (χ3v) is 3.81. The highest BCUT2D eigenvalue weighted by molar-refractivity contribution is 9.10. The Morgan fingerprint density at radius 3 is 2.70 bits per heavy atom. The first kappa shape index (κ1) is 15.1. The van der Waals surface area contributed by atoms with E-state index in [1.165, 1.54) is 11.8 Å². The van der Waals surface area contributed by atoms with Crippen LogP contribution in [-0.4, -0.2) is 16.9 Å². The fourth-order valence-corrected chi connectivity index (χ4v) is 3.00. The van der Waals surface area contributed by atoms with Crippen molar-refractivity contribution in [1.29, 1.82) is 0 Å². The summed E-state index contributed by atoms with van der Waals surface area (Å²) in [6.45, 7) is 3.86. The molecular formula is C15H15BrN2OS. The number of pyridine rings is 1. The lowest BCUT2D eigenvalue weighted by Crippen LogP contribution is -2.30. The average molecular weight is 351 g/mol. The van der Waals surface area contributed by atoms with Crippen LogP contribution in [0.5, 0.6) is 0 Å². The van der Waals surface area contributed by atoms with Gasteiger partial charge in [-0.25, -0.2) is 4.98 Å². The van der Waals surface area contributed by atoms with Crippen LogP contribution in [0.1, 0.15) is 24.3 Å². The van der Waals surface area contributed by atoms with Gasteiger partial charge < -0.3 is 5.32 Å². The van der Waals surface area contributed by atoms with Gasteiger partial charge in [-0.3, -0.25) is 4.79 Å². The molecule has 0 bridgehead atoms. The molecule has 1 N–H and O–H groups in total. The molecular weight excluding hydrogens is 336 g/mol. The maximum atomic E-state index is 11.9. The topological polar surface area (TPSA) is 42.0 Å². The second-order valence-electron chi connectivity index (χ2n) is 4.55. The summed E-state index contributed by atoms with van der Waals surface area (Å²) in [6.07, 6.45) is 0. The fourth-order valence-electron chi connectivity index (χ4n) is 1.59. The van der Waals surface area contributed by atoms with Crippen LogP contribution in [0.25, 0.3) is 0 Å². The Bertz CT molecular complexity index is 616. The molecule has 5 heteroatoms. The van der Waals surface area contributed by atoms with Crippen molar-refractivity contribution < 1.29 is 4.79 Å². The Kier molecular flexibility index (Phi) is 5.20. The normalized spacial score (nSPS) is 10.6. The zero-order valence-corrected chi connectivity index (χ0v) is 13.7. The first-order valence-electron chi connectivity index (χ1n) is 6.26. The van der Waals surface area contributed by atoms with Crippen LogP contribution in [-0.2, 0) is 0 Å². The first-order valence-corrected chi connectivity index (χ1v) is 7.87. The van der Waals surface area contributed by atoms with Crippen LogP contribution in [0.3, 0.4) is 0 Å². The summed E-state index contributed by atoms with van der Waals surface area (Å²) in [7, 11) is 0. The lowest BCUT2D eigenvalue weighted by molar-refractivity contribution is 0.0937. The highest BCUT2D eigenvalue weighted by Crippen LogP contribution is 2.28. The third kappa shape index (κ3) is 4.35. The highest BCUT2D eigenvalue weighted by Gasteiger charge is 2.09. The van der Waals surface area contributed by atoms with Crippen LogP contribution >= 0.6 is 27.7 Å². The number of carbonyl (C=O) groups is 1. The predicted molar refractivity (Wildman–Crippen MR) is 85.1 cm³/mol. The van der Waals surface area contributed by atoms with E-state index in [0.717, 1.165) is 14.4 Å². The summed E-state index contributed by atoms with van der Waals surface area (Å²) in [5, 5.41) is 3.65. The molecule has 0 fully saturated rings. The van der Waals surface area contributed by atoms with Crippen molar-refractivity contribution in [2.24, 2.45) is 0 Å². The largest absolute Gasteiger partial charge is 0.349 e. The van der Waals surface area contributed by atoms with Gasteiger partial charge in [-0.1, -0.05) is 39.8 Å². The Hall–Kier alpha value is -1.33. The molecule has 1 amide bonds. The molecule has 2 aromatic rings. The van der Waals surface area contributed by atoms with E-state index in [1.54, 1.807) is 6.07 Å². The number of aromatic nitrogens is 1. The number of carbonyl (C=O) groups excluding carboxylic acids is 1. The van der Waals surface area contributed by atoms with Gasteiger partial charge in [-0.15, -0.1) is 0 Å².